The second-order valence-electron chi connectivity index (χ2n) is 4.60. The van der Waals surface area contributed by atoms with Crippen molar-refractivity contribution < 1.29 is 17.6 Å². The Morgan fingerprint density at radius 2 is 2.00 bits per heavy atom. The lowest BCUT2D eigenvalue weighted by Crippen LogP contribution is -2.25. The van der Waals surface area contributed by atoms with Gasteiger partial charge in [0.05, 0.1) is 5.25 Å². The third-order valence-corrected chi connectivity index (χ3v) is 5.44. The van der Waals surface area contributed by atoms with E-state index in [0.717, 1.165) is 5.39 Å². The summed E-state index contributed by atoms with van der Waals surface area (Å²) in [5.41, 5.74) is 0.590. The molecule has 0 saturated heterocycles. The minimum absolute atomic E-state index is 0.105. The molecule has 1 aromatic carbocycles. The molecule has 0 bridgehead atoms. The molecule has 4 nitrogen and oxygen atoms in total. The average Bonchev–Trinajstić information content (AvgIpc) is 2.81. The van der Waals surface area contributed by atoms with E-state index in [1.165, 1.54) is 0 Å². The first kappa shape index (κ1) is 13.8. The molecule has 0 saturated carbocycles. The van der Waals surface area contributed by atoms with Crippen LogP contribution < -0.4 is 0 Å². The maximum atomic E-state index is 12.0. The highest BCUT2D eigenvalue weighted by Gasteiger charge is 2.25. The van der Waals surface area contributed by atoms with Gasteiger partial charge in [0.15, 0.2) is 15.6 Å². The van der Waals surface area contributed by atoms with Crippen molar-refractivity contribution in [2.75, 3.05) is 5.75 Å². The van der Waals surface area contributed by atoms with Gasteiger partial charge in [-0.2, -0.15) is 0 Å². The van der Waals surface area contributed by atoms with Crippen molar-refractivity contribution in [3.8, 4) is 0 Å². The highest BCUT2D eigenvalue weighted by atomic mass is 32.2. The maximum absolute atomic E-state index is 12.0. The molecule has 2 rings (SSSR count). The van der Waals surface area contributed by atoms with Crippen molar-refractivity contribution >= 4 is 26.6 Å². The highest BCUT2D eigenvalue weighted by molar-refractivity contribution is 7.92. The van der Waals surface area contributed by atoms with Crippen LogP contribution >= 0.6 is 0 Å². The number of carbonyl (C=O) groups is 1. The van der Waals surface area contributed by atoms with Crippen LogP contribution in [0.25, 0.3) is 11.0 Å². The smallest absolute Gasteiger partial charge is 0.213 e. The summed E-state index contributed by atoms with van der Waals surface area (Å²) >= 11 is 0. The molecule has 0 amide bonds. The molecule has 1 unspecified atom stereocenters. The number of Topliss-reactive ketones (excluding diaryl/α,β-unsaturated/α-hetero) is 1. The standard InChI is InChI=1S/C14H16O4S/c1-3-10(2)19(16,17)9-12(15)14-8-11-6-4-5-7-13(11)18-14/h4-8,10H,3,9H2,1-2H3. The number of hydrogen-bond donors (Lipinski definition) is 0. The average molecular weight is 280 g/mol. The minimum Gasteiger partial charge on any atom is -0.453 e. The second kappa shape index (κ2) is 5.17. The fourth-order valence-electron chi connectivity index (χ4n) is 1.77. The molecule has 0 aliphatic carbocycles. The van der Waals surface area contributed by atoms with Crippen LogP contribution in [0.2, 0.25) is 0 Å². The van der Waals surface area contributed by atoms with E-state index in [1.54, 1.807) is 32.0 Å². The highest BCUT2D eigenvalue weighted by Crippen LogP contribution is 2.20. The van der Waals surface area contributed by atoms with Crippen molar-refractivity contribution in [1.82, 2.24) is 0 Å². The van der Waals surface area contributed by atoms with Gasteiger partial charge in [-0.05, 0) is 25.5 Å². The Morgan fingerprint density at radius 1 is 1.32 bits per heavy atom. The second-order valence-corrected chi connectivity index (χ2v) is 7.02. The van der Waals surface area contributed by atoms with Gasteiger partial charge in [-0.15, -0.1) is 0 Å². The number of sulfone groups is 1. The fourth-order valence-corrected chi connectivity index (χ4v) is 3.07. The zero-order chi connectivity index (χ0) is 14.0. The van der Waals surface area contributed by atoms with Crippen LogP contribution in [-0.2, 0) is 9.84 Å². The molecule has 102 valence electrons. The topological polar surface area (TPSA) is 64.3 Å². The Bertz CT molecular complexity index is 664. The fraction of sp³-hybridized carbons (Fsp3) is 0.357. The third kappa shape index (κ3) is 2.87. The van der Waals surface area contributed by atoms with Gasteiger partial charge >= 0.3 is 0 Å². The van der Waals surface area contributed by atoms with E-state index in [0.29, 0.717) is 12.0 Å². The van der Waals surface area contributed by atoms with Crippen LogP contribution in [0.1, 0.15) is 30.8 Å². The molecule has 0 spiro atoms. The molecule has 0 aliphatic rings. The molecule has 5 heteroatoms. The number of benzene rings is 1. The molecule has 0 aliphatic heterocycles. The summed E-state index contributed by atoms with van der Waals surface area (Å²) in [7, 11) is -3.40. The van der Waals surface area contributed by atoms with Crippen LogP contribution in [-0.4, -0.2) is 25.2 Å². The van der Waals surface area contributed by atoms with Crippen LogP contribution in [0.3, 0.4) is 0 Å². The Morgan fingerprint density at radius 3 is 2.63 bits per heavy atom. The monoisotopic (exact) mass is 280 g/mol. The van der Waals surface area contributed by atoms with Crippen molar-refractivity contribution in [1.29, 1.82) is 0 Å². The minimum atomic E-state index is -3.40. The molecule has 0 fully saturated rings. The summed E-state index contributed by atoms with van der Waals surface area (Å²) in [6.07, 6.45) is 0.496. The number of para-hydroxylation sites is 1. The lowest BCUT2D eigenvalue weighted by atomic mass is 10.2. The van der Waals surface area contributed by atoms with E-state index >= 15 is 0 Å². The van der Waals surface area contributed by atoms with Gasteiger partial charge in [0.25, 0.3) is 0 Å². The van der Waals surface area contributed by atoms with Gasteiger partial charge in [-0.3, -0.25) is 4.79 Å². The van der Waals surface area contributed by atoms with Crippen LogP contribution in [0.15, 0.2) is 34.7 Å². The maximum Gasteiger partial charge on any atom is 0.213 e. The summed E-state index contributed by atoms with van der Waals surface area (Å²) in [6, 6.07) is 8.79. The summed E-state index contributed by atoms with van der Waals surface area (Å²) < 4.78 is 29.2. The van der Waals surface area contributed by atoms with Gasteiger partial charge in [0, 0.05) is 5.39 Å². The van der Waals surface area contributed by atoms with Crippen LogP contribution in [0.4, 0.5) is 0 Å². The molecular weight excluding hydrogens is 264 g/mol. The van der Waals surface area contributed by atoms with E-state index in [4.69, 9.17) is 4.42 Å². The lowest BCUT2D eigenvalue weighted by Gasteiger charge is -2.08. The van der Waals surface area contributed by atoms with E-state index < -0.39 is 26.6 Å². The van der Waals surface area contributed by atoms with E-state index in [9.17, 15) is 13.2 Å². The number of fused-ring (bicyclic) bond motifs is 1. The number of hydrogen-bond acceptors (Lipinski definition) is 4. The summed E-state index contributed by atoms with van der Waals surface area (Å²) in [6.45, 7) is 3.40. The quantitative estimate of drug-likeness (QED) is 0.790. The van der Waals surface area contributed by atoms with Gasteiger partial charge in [-0.1, -0.05) is 25.1 Å². The zero-order valence-corrected chi connectivity index (χ0v) is 11.7. The largest absolute Gasteiger partial charge is 0.453 e. The third-order valence-electron chi connectivity index (χ3n) is 3.22. The Balaban J connectivity index is 2.25. The number of carbonyl (C=O) groups excluding carboxylic acids is 1. The number of furan rings is 1. The van der Waals surface area contributed by atoms with E-state index in [2.05, 4.69) is 0 Å². The first-order valence-electron chi connectivity index (χ1n) is 6.17. The summed E-state index contributed by atoms with van der Waals surface area (Å²) in [5, 5.41) is 0.285. The molecule has 19 heavy (non-hydrogen) atoms. The van der Waals surface area contributed by atoms with E-state index in [-0.39, 0.29) is 5.76 Å². The molecule has 1 heterocycles. The summed E-state index contributed by atoms with van der Waals surface area (Å²) in [4.78, 5) is 12.0. The Hall–Kier alpha value is -1.62. The van der Waals surface area contributed by atoms with E-state index in [1.807, 2.05) is 12.1 Å². The zero-order valence-electron chi connectivity index (χ0n) is 10.9. The first-order chi connectivity index (χ1) is 8.94. The van der Waals surface area contributed by atoms with Gasteiger partial charge in [0.1, 0.15) is 11.3 Å². The number of ketones is 1. The van der Waals surface area contributed by atoms with Crippen molar-refractivity contribution in [2.24, 2.45) is 0 Å². The SMILES string of the molecule is CCC(C)S(=O)(=O)CC(=O)c1cc2ccccc2o1. The van der Waals surface area contributed by atoms with Gasteiger partial charge in [-0.25, -0.2) is 8.42 Å². The molecule has 0 radical (unpaired) electrons. The summed E-state index contributed by atoms with van der Waals surface area (Å²) in [5.74, 6) is -0.883. The number of rotatable bonds is 5. The van der Waals surface area contributed by atoms with Crippen molar-refractivity contribution in [2.45, 2.75) is 25.5 Å². The molecule has 2 aromatic rings. The predicted molar refractivity (Wildman–Crippen MR) is 74.1 cm³/mol. The predicted octanol–water partition coefficient (Wildman–Crippen LogP) is 2.83. The van der Waals surface area contributed by atoms with Crippen molar-refractivity contribution in [3.05, 3.63) is 36.1 Å². The normalized spacial score (nSPS) is 13.6. The lowest BCUT2D eigenvalue weighted by molar-refractivity contribution is 0.0992. The molecule has 1 aromatic heterocycles. The van der Waals surface area contributed by atoms with Crippen LogP contribution in [0.5, 0.6) is 0 Å². The molecule has 0 N–H and O–H groups in total. The Kier molecular flexibility index (Phi) is 3.75. The molecule has 1 atom stereocenters. The van der Waals surface area contributed by atoms with Gasteiger partial charge < -0.3 is 4.42 Å². The van der Waals surface area contributed by atoms with Crippen LogP contribution in [0, 0.1) is 0 Å². The van der Waals surface area contributed by atoms with Crippen molar-refractivity contribution in [3.63, 3.8) is 0 Å². The van der Waals surface area contributed by atoms with Gasteiger partial charge in [0.2, 0.25) is 5.78 Å². The molecular formula is C14H16O4S. The first-order valence-corrected chi connectivity index (χ1v) is 7.89. The Labute approximate surface area is 112 Å².